The number of allylic oxidation sites excluding steroid dienone is 3. The molecule has 1 saturated heterocycles. The van der Waals surface area contributed by atoms with Crippen LogP contribution in [-0.2, 0) is 17.6 Å². The van der Waals surface area contributed by atoms with Gasteiger partial charge in [0, 0.05) is 49.4 Å². The summed E-state index contributed by atoms with van der Waals surface area (Å²) in [4.78, 5) is 15.9. The quantitative estimate of drug-likeness (QED) is 0.106. The van der Waals surface area contributed by atoms with E-state index in [-0.39, 0.29) is 5.82 Å². The molecule has 0 spiro atoms. The fourth-order valence-electron chi connectivity index (χ4n) is 7.41. The topological polar surface area (TPSA) is 56.6 Å². The molecule has 0 aromatic heterocycles. The standard InChI is InChI=1S/C25H34N2O2.C15H24FN.C4H10.C4H8/c1-3-4-18-12-21(13-19-7-10-29-25(18)19)22-15-24(27(16-22)8-9-28)6-5-23(26)14-20-11-17(20)2;1-5-7-13(8-6-2)17(4)14-9-10-15(16)12(3)11-14;2*1-4(2)3/h9,11-13,20,22,24,26H,3-8,10,14-16H2,1-2H3;9-11,13H,5-8H2,1-4H3;4H,1-3H3;1H2,2-3H3. The van der Waals surface area contributed by atoms with Crippen LogP contribution in [0, 0.1) is 30.0 Å². The largest absolute Gasteiger partial charge is 0.493 e. The van der Waals surface area contributed by atoms with Gasteiger partial charge >= 0.3 is 0 Å². The average molecular weight is 746 g/mol. The Kier molecular flexibility index (Phi) is 21.1. The van der Waals surface area contributed by atoms with Gasteiger partial charge in [-0.25, -0.2) is 4.39 Å². The first-order chi connectivity index (χ1) is 25.6. The molecule has 0 saturated carbocycles. The van der Waals surface area contributed by atoms with Gasteiger partial charge in [0.2, 0.25) is 0 Å². The molecule has 6 heteroatoms. The number of halogens is 1. The van der Waals surface area contributed by atoms with E-state index in [2.05, 4.69) is 90.1 Å². The normalized spacial score (nSPS) is 18.3. The molecule has 0 amide bonds. The molecule has 2 aromatic carbocycles. The molecule has 54 heavy (non-hydrogen) atoms. The van der Waals surface area contributed by atoms with Gasteiger partial charge in [-0.15, -0.1) is 6.58 Å². The number of nitrogens with one attached hydrogen (secondary N) is 1. The fraction of sp³-hybridized carbons (Fsp3) is 0.625. The second-order valence-corrected chi connectivity index (χ2v) is 16.8. The Morgan fingerprint density at radius 3 is 2.24 bits per heavy atom. The Labute approximate surface area is 330 Å². The number of ether oxygens (including phenoxy) is 1. The maximum absolute atomic E-state index is 13.2. The molecule has 0 radical (unpaired) electrons. The van der Waals surface area contributed by atoms with Crippen molar-refractivity contribution in [2.75, 3.05) is 31.6 Å². The molecule has 1 N–H and O–H groups in total. The highest BCUT2D eigenvalue weighted by molar-refractivity contribution is 5.82. The van der Waals surface area contributed by atoms with Crippen molar-refractivity contribution in [1.29, 1.82) is 5.41 Å². The van der Waals surface area contributed by atoms with Crippen molar-refractivity contribution in [3.05, 3.63) is 82.2 Å². The third-order valence-corrected chi connectivity index (χ3v) is 10.2. The summed E-state index contributed by atoms with van der Waals surface area (Å²) in [6.45, 7) is 26.9. The van der Waals surface area contributed by atoms with Crippen molar-refractivity contribution < 1.29 is 13.9 Å². The summed E-state index contributed by atoms with van der Waals surface area (Å²) in [5, 5.41) is 8.32. The second kappa shape index (κ2) is 24.3. The lowest BCUT2D eigenvalue weighted by molar-refractivity contribution is -0.109. The monoisotopic (exact) mass is 746 g/mol. The van der Waals surface area contributed by atoms with Gasteiger partial charge in [-0.05, 0) is 125 Å². The maximum atomic E-state index is 13.2. The van der Waals surface area contributed by atoms with E-state index < -0.39 is 0 Å². The van der Waals surface area contributed by atoms with Crippen LogP contribution >= 0.6 is 0 Å². The molecule has 2 heterocycles. The Morgan fingerprint density at radius 2 is 1.70 bits per heavy atom. The Balaban J connectivity index is 0.000000341. The second-order valence-electron chi connectivity index (χ2n) is 16.8. The molecular weight excluding hydrogens is 670 g/mol. The van der Waals surface area contributed by atoms with Crippen LogP contribution in [0.1, 0.15) is 148 Å². The van der Waals surface area contributed by atoms with E-state index >= 15 is 0 Å². The van der Waals surface area contributed by atoms with Gasteiger partial charge in [-0.2, -0.15) is 0 Å². The number of benzene rings is 2. The number of carbonyl (C=O) groups excluding carboxylic acids is 1. The van der Waals surface area contributed by atoms with Gasteiger partial charge in [0.1, 0.15) is 17.9 Å². The zero-order chi connectivity index (χ0) is 40.4. The van der Waals surface area contributed by atoms with Crippen molar-refractivity contribution in [1.82, 2.24) is 4.90 Å². The summed E-state index contributed by atoms with van der Waals surface area (Å²) in [5.41, 5.74) is 9.45. The summed E-state index contributed by atoms with van der Waals surface area (Å²) in [7, 11) is 2.11. The lowest BCUT2D eigenvalue weighted by Gasteiger charge is -2.30. The van der Waals surface area contributed by atoms with Crippen molar-refractivity contribution in [3.8, 4) is 5.75 Å². The minimum atomic E-state index is -0.121. The molecule has 5 nitrogen and oxygen atoms in total. The number of hydrogen-bond acceptors (Lipinski definition) is 5. The van der Waals surface area contributed by atoms with Crippen molar-refractivity contribution >= 4 is 17.7 Å². The first-order valence-electron chi connectivity index (χ1n) is 21.0. The van der Waals surface area contributed by atoms with Crippen molar-refractivity contribution in [2.45, 2.75) is 158 Å². The first kappa shape index (κ1) is 46.9. The minimum Gasteiger partial charge on any atom is -0.493 e. The lowest BCUT2D eigenvalue weighted by Crippen LogP contribution is -2.31. The highest BCUT2D eigenvalue weighted by atomic mass is 19.1. The van der Waals surface area contributed by atoms with Crippen LogP contribution in [0.2, 0.25) is 0 Å². The van der Waals surface area contributed by atoms with Gasteiger partial charge < -0.3 is 19.8 Å². The summed E-state index contributed by atoms with van der Waals surface area (Å²) in [6, 6.07) is 11.1. The molecule has 3 atom stereocenters. The number of fused-ring (bicyclic) bond motifs is 1. The van der Waals surface area contributed by atoms with Gasteiger partial charge in [-0.3, -0.25) is 4.90 Å². The zero-order valence-electron chi connectivity index (χ0n) is 36.1. The molecule has 3 unspecified atom stereocenters. The SMILES string of the molecule is C=C(C)C.CC(C)C.CCCC(CCC)N(C)c1ccc(F)c(C)c1.CCCc1cc(C2CC(CCC(=N)CC3C=C3C)N(CC=O)C2)cc2c1OCC2. The summed E-state index contributed by atoms with van der Waals surface area (Å²) in [5.74, 6) is 2.87. The lowest BCUT2D eigenvalue weighted by atomic mass is 9.90. The number of anilines is 1. The van der Waals surface area contributed by atoms with Crippen molar-refractivity contribution in [2.24, 2.45) is 11.8 Å². The molecule has 302 valence electrons. The molecule has 1 aliphatic carbocycles. The predicted octanol–water partition coefficient (Wildman–Crippen LogP) is 12.5. The van der Waals surface area contributed by atoms with E-state index in [9.17, 15) is 9.18 Å². The van der Waals surface area contributed by atoms with E-state index in [1.165, 1.54) is 53.5 Å². The van der Waals surface area contributed by atoms with Crippen LogP contribution in [0.4, 0.5) is 10.1 Å². The van der Waals surface area contributed by atoms with E-state index in [4.69, 9.17) is 10.1 Å². The highest BCUT2D eigenvalue weighted by Gasteiger charge is 2.34. The van der Waals surface area contributed by atoms with Gasteiger partial charge in [-0.1, -0.05) is 90.2 Å². The number of likely N-dealkylation sites (tertiary alicyclic amines) is 1. The smallest absolute Gasteiger partial charge is 0.133 e. The van der Waals surface area contributed by atoms with Crippen LogP contribution in [0.3, 0.4) is 0 Å². The molecule has 3 aliphatic rings. The molecular formula is C48H76FN3O2. The third kappa shape index (κ3) is 16.2. The number of nitrogens with zero attached hydrogens (tertiary/aromatic N) is 2. The Hall–Kier alpha value is -3.25. The highest BCUT2D eigenvalue weighted by Crippen LogP contribution is 2.39. The van der Waals surface area contributed by atoms with E-state index in [1.807, 2.05) is 32.9 Å². The van der Waals surface area contributed by atoms with Crippen LogP contribution in [0.5, 0.6) is 5.75 Å². The molecule has 0 bridgehead atoms. The van der Waals surface area contributed by atoms with E-state index in [0.29, 0.717) is 30.5 Å². The number of aryl methyl sites for hydroxylation is 2. The van der Waals surface area contributed by atoms with E-state index in [1.54, 1.807) is 6.07 Å². The molecule has 2 aliphatic heterocycles. The van der Waals surface area contributed by atoms with Crippen molar-refractivity contribution in [3.63, 3.8) is 0 Å². The van der Waals surface area contributed by atoms with Crippen LogP contribution in [0.25, 0.3) is 0 Å². The van der Waals surface area contributed by atoms with Gasteiger partial charge in [0.15, 0.2) is 0 Å². The third-order valence-electron chi connectivity index (χ3n) is 10.2. The number of hydrogen-bond donors (Lipinski definition) is 1. The average Bonchev–Trinajstić information content (AvgIpc) is 3.43. The minimum absolute atomic E-state index is 0.121. The summed E-state index contributed by atoms with van der Waals surface area (Å²) in [6.07, 6.45) is 15.1. The number of rotatable bonds is 16. The fourth-order valence-corrected chi connectivity index (χ4v) is 7.41. The predicted molar refractivity (Wildman–Crippen MR) is 231 cm³/mol. The number of aldehydes is 1. The molecule has 1 fully saturated rings. The molecule has 2 aromatic rings. The Bertz CT molecular complexity index is 1480. The summed E-state index contributed by atoms with van der Waals surface area (Å²) >= 11 is 0. The van der Waals surface area contributed by atoms with Gasteiger partial charge in [0.25, 0.3) is 0 Å². The Morgan fingerprint density at radius 1 is 1.07 bits per heavy atom. The summed E-state index contributed by atoms with van der Waals surface area (Å²) < 4.78 is 19.1. The number of carbonyl (C=O) groups is 1. The maximum Gasteiger partial charge on any atom is 0.133 e. The molecule has 5 rings (SSSR count). The zero-order valence-corrected chi connectivity index (χ0v) is 36.1. The van der Waals surface area contributed by atoms with Crippen LogP contribution in [-0.4, -0.2) is 55.7 Å². The van der Waals surface area contributed by atoms with E-state index in [0.717, 1.165) is 93.0 Å². The first-order valence-corrected chi connectivity index (χ1v) is 21.0. The van der Waals surface area contributed by atoms with Crippen LogP contribution in [0.15, 0.2) is 54.1 Å². The van der Waals surface area contributed by atoms with Gasteiger partial charge in [0.05, 0.1) is 13.2 Å². The van der Waals surface area contributed by atoms with Crippen LogP contribution < -0.4 is 9.64 Å².